The second-order valence-corrected chi connectivity index (χ2v) is 4.30. The fourth-order valence-electron chi connectivity index (χ4n) is 2.12. The summed E-state index contributed by atoms with van der Waals surface area (Å²) in [5, 5.41) is 0. The molecule has 3 rings (SSSR count). The fourth-order valence-corrected chi connectivity index (χ4v) is 2.12. The van der Waals surface area contributed by atoms with Crippen LogP contribution in [0.4, 0.5) is 0 Å². The van der Waals surface area contributed by atoms with Crippen LogP contribution in [0.5, 0.6) is 5.75 Å². The predicted octanol–water partition coefficient (Wildman–Crippen LogP) is 2.76. The smallest absolute Gasteiger partial charge is 0.338 e. The first-order chi connectivity index (χ1) is 9.34. The molecule has 0 saturated carbocycles. The molecule has 0 aliphatic carbocycles. The van der Waals surface area contributed by atoms with Gasteiger partial charge in [-0.25, -0.2) is 4.79 Å². The molecule has 4 nitrogen and oxygen atoms in total. The Balaban J connectivity index is 1.80. The lowest BCUT2D eigenvalue weighted by Gasteiger charge is -2.25. The van der Waals surface area contributed by atoms with E-state index >= 15 is 0 Å². The van der Waals surface area contributed by atoms with Gasteiger partial charge in [-0.05, 0) is 18.2 Å². The Morgan fingerprint density at radius 2 is 2.00 bits per heavy atom. The molecule has 96 valence electrons. The van der Waals surface area contributed by atoms with Gasteiger partial charge in [-0.3, -0.25) is 4.98 Å². The third kappa shape index (κ3) is 2.42. The van der Waals surface area contributed by atoms with Gasteiger partial charge in [-0.1, -0.05) is 18.2 Å². The van der Waals surface area contributed by atoms with Gasteiger partial charge in [0, 0.05) is 24.4 Å². The first kappa shape index (κ1) is 11.7. The van der Waals surface area contributed by atoms with Crippen LogP contribution in [0.3, 0.4) is 0 Å². The molecule has 0 fully saturated rings. The van der Waals surface area contributed by atoms with Crippen LogP contribution < -0.4 is 4.74 Å². The number of rotatable bonds is 2. The van der Waals surface area contributed by atoms with Crippen LogP contribution in [0.2, 0.25) is 0 Å². The molecule has 0 saturated heterocycles. The molecular formula is C15H13NO3. The van der Waals surface area contributed by atoms with Crippen LogP contribution in [0.15, 0.2) is 48.8 Å². The largest absolute Gasteiger partial charge is 0.493 e. The molecule has 0 bridgehead atoms. The molecule has 2 heterocycles. The monoisotopic (exact) mass is 255 g/mol. The molecule has 19 heavy (non-hydrogen) atoms. The highest BCUT2D eigenvalue weighted by molar-refractivity contribution is 5.89. The molecule has 0 N–H and O–H groups in total. The Bertz CT molecular complexity index is 583. The number of pyridine rings is 1. The Morgan fingerprint density at radius 1 is 1.21 bits per heavy atom. The second-order valence-electron chi connectivity index (χ2n) is 4.30. The Hall–Kier alpha value is -2.36. The number of hydrogen-bond donors (Lipinski definition) is 0. The van der Waals surface area contributed by atoms with E-state index in [2.05, 4.69) is 4.98 Å². The number of aromatic nitrogens is 1. The van der Waals surface area contributed by atoms with E-state index in [1.54, 1.807) is 24.5 Å². The van der Waals surface area contributed by atoms with Gasteiger partial charge >= 0.3 is 5.97 Å². The number of benzene rings is 1. The van der Waals surface area contributed by atoms with Crippen LogP contribution in [-0.4, -0.2) is 17.6 Å². The van der Waals surface area contributed by atoms with Gasteiger partial charge in [0.25, 0.3) is 0 Å². The normalized spacial score (nSPS) is 17.2. The number of hydrogen-bond acceptors (Lipinski definition) is 4. The first-order valence-corrected chi connectivity index (χ1v) is 6.17. The van der Waals surface area contributed by atoms with Crippen LogP contribution in [-0.2, 0) is 4.74 Å². The van der Waals surface area contributed by atoms with Crippen molar-refractivity contribution in [3.8, 4) is 5.75 Å². The third-order valence-corrected chi connectivity index (χ3v) is 3.07. The second kappa shape index (κ2) is 5.10. The highest BCUT2D eigenvalue weighted by atomic mass is 16.6. The summed E-state index contributed by atoms with van der Waals surface area (Å²) in [5.74, 6) is 0.463. The zero-order chi connectivity index (χ0) is 13.1. The molecule has 4 heteroatoms. The number of fused-ring (bicyclic) bond motifs is 1. The number of nitrogens with zero attached hydrogens (tertiary/aromatic N) is 1. The van der Waals surface area contributed by atoms with Crippen molar-refractivity contribution in [1.82, 2.24) is 4.98 Å². The average Bonchev–Trinajstić information content (AvgIpc) is 2.48. The predicted molar refractivity (Wildman–Crippen MR) is 68.9 cm³/mol. The molecule has 2 aromatic rings. The summed E-state index contributed by atoms with van der Waals surface area (Å²) in [6, 6.07) is 10.9. The maximum atomic E-state index is 12.0. The van der Waals surface area contributed by atoms with E-state index in [4.69, 9.17) is 9.47 Å². The molecule has 0 radical (unpaired) electrons. The fraction of sp³-hybridized carbons (Fsp3) is 0.200. The summed E-state index contributed by atoms with van der Waals surface area (Å²) in [7, 11) is 0. The Kier molecular flexibility index (Phi) is 3.14. The van der Waals surface area contributed by atoms with E-state index in [1.165, 1.54) is 0 Å². The van der Waals surface area contributed by atoms with Gasteiger partial charge in [-0.15, -0.1) is 0 Å². The number of carbonyl (C=O) groups is 1. The zero-order valence-electron chi connectivity index (χ0n) is 10.3. The van der Waals surface area contributed by atoms with Crippen LogP contribution in [0.1, 0.15) is 28.4 Å². The number of esters is 1. The summed E-state index contributed by atoms with van der Waals surface area (Å²) in [6.45, 7) is 0.561. The van der Waals surface area contributed by atoms with Gasteiger partial charge in [0.05, 0.1) is 12.2 Å². The summed E-state index contributed by atoms with van der Waals surface area (Å²) in [6.07, 6.45) is 3.59. The molecule has 1 unspecified atom stereocenters. The van der Waals surface area contributed by atoms with E-state index in [0.717, 1.165) is 11.3 Å². The SMILES string of the molecule is O=C(OC1CCOc2ccccc21)c1ccncc1. The summed E-state index contributed by atoms with van der Waals surface area (Å²) < 4.78 is 11.1. The summed E-state index contributed by atoms with van der Waals surface area (Å²) >= 11 is 0. The molecule has 0 spiro atoms. The zero-order valence-corrected chi connectivity index (χ0v) is 10.3. The lowest BCUT2D eigenvalue weighted by atomic mass is 10.0. The van der Waals surface area contributed by atoms with E-state index in [9.17, 15) is 4.79 Å². The number of para-hydroxylation sites is 1. The van der Waals surface area contributed by atoms with Crippen molar-refractivity contribution >= 4 is 5.97 Å². The quantitative estimate of drug-likeness (QED) is 0.774. The molecule has 1 atom stereocenters. The van der Waals surface area contributed by atoms with Crippen molar-refractivity contribution in [1.29, 1.82) is 0 Å². The van der Waals surface area contributed by atoms with Crippen LogP contribution in [0.25, 0.3) is 0 Å². The molecule has 0 amide bonds. The summed E-state index contributed by atoms with van der Waals surface area (Å²) in [4.78, 5) is 15.9. The minimum atomic E-state index is -0.330. The van der Waals surface area contributed by atoms with E-state index in [1.807, 2.05) is 24.3 Å². The van der Waals surface area contributed by atoms with Gasteiger partial charge in [0.1, 0.15) is 11.9 Å². The van der Waals surface area contributed by atoms with E-state index in [0.29, 0.717) is 18.6 Å². The van der Waals surface area contributed by atoms with Crippen LogP contribution in [0, 0.1) is 0 Å². The number of ether oxygens (including phenoxy) is 2. The van der Waals surface area contributed by atoms with Crippen molar-refractivity contribution in [3.05, 3.63) is 59.9 Å². The highest BCUT2D eigenvalue weighted by Gasteiger charge is 2.24. The van der Waals surface area contributed by atoms with Gasteiger partial charge < -0.3 is 9.47 Å². The van der Waals surface area contributed by atoms with Crippen molar-refractivity contribution in [3.63, 3.8) is 0 Å². The van der Waals surface area contributed by atoms with Crippen molar-refractivity contribution in [2.75, 3.05) is 6.61 Å². The molecule has 1 aliphatic rings. The topological polar surface area (TPSA) is 48.4 Å². The number of carbonyl (C=O) groups excluding carboxylic acids is 1. The first-order valence-electron chi connectivity index (χ1n) is 6.17. The van der Waals surface area contributed by atoms with Crippen molar-refractivity contribution < 1.29 is 14.3 Å². The van der Waals surface area contributed by atoms with Gasteiger partial charge in [0.15, 0.2) is 0 Å². The average molecular weight is 255 g/mol. The molecule has 1 aromatic carbocycles. The van der Waals surface area contributed by atoms with Crippen molar-refractivity contribution in [2.45, 2.75) is 12.5 Å². The third-order valence-electron chi connectivity index (χ3n) is 3.07. The lowest BCUT2D eigenvalue weighted by molar-refractivity contribution is 0.0193. The maximum Gasteiger partial charge on any atom is 0.338 e. The van der Waals surface area contributed by atoms with Gasteiger partial charge in [0.2, 0.25) is 0 Å². The Morgan fingerprint density at radius 3 is 2.84 bits per heavy atom. The molecule has 1 aromatic heterocycles. The minimum Gasteiger partial charge on any atom is -0.493 e. The van der Waals surface area contributed by atoms with E-state index in [-0.39, 0.29) is 12.1 Å². The van der Waals surface area contributed by atoms with Gasteiger partial charge in [-0.2, -0.15) is 0 Å². The van der Waals surface area contributed by atoms with E-state index < -0.39 is 0 Å². The molecular weight excluding hydrogens is 242 g/mol. The van der Waals surface area contributed by atoms with Crippen LogP contribution >= 0.6 is 0 Å². The Labute approximate surface area is 111 Å². The lowest BCUT2D eigenvalue weighted by Crippen LogP contribution is -2.19. The highest BCUT2D eigenvalue weighted by Crippen LogP contribution is 2.34. The summed E-state index contributed by atoms with van der Waals surface area (Å²) in [5.41, 5.74) is 1.44. The van der Waals surface area contributed by atoms with Crippen molar-refractivity contribution in [2.24, 2.45) is 0 Å². The minimum absolute atomic E-state index is 0.245. The maximum absolute atomic E-state index is 12.0. The molecule has 1 aliphatic heterocycles. The standard InChI is InChI=1S/C15H13NO3/c17-15(11-5-8-16-9-6-11)19-14-7-10-18-13-4-2-1-3-12(13)14/h1-6,8-9,14H,7,10H2.